The van der Waals surface area contributed by atoms with Crippen molar-refractivity contribution in [3.63, 3.8) is 0 Å². The lowest BCUT2D eigenvalue weighted by molar-refractivity contribution is -0.00000614. The Morgan fingerprint density at radius 3 is 0.889 bits per heavy atom. The fourth-order valence-corrected chi connectivity index (χ4v) is 6.22. The Morgan fingerprint density at radius 1 is 0.481 bits per heavy atom. The van der Waals surface area contributed by atoms with Crippen molar-refractivity contribution >= 4 is 23.2 Å². The van der Waals surface area contributed by atoms with Crippen LogP contribution in [0.3, 0.4) is 0 Å². The van der Waals surface area contributed by atoms with E-state index in [2.05, 4.69) is 43.1 Å². The molecule has 27 heavy (non-hydrogen) atoms. The van der Waals surface area contributed by atoms with Gasteiger partial charge in [0.1, 0.15) is 40.4 Å². The molecule has 0 spiro atoms. The molecule has 0 heterocycles. The molecule has 3 aromatic carbocycles. The first-order valence-electron chi connectivity index (χ1n) is 8.42. The van der Waals surface area contributed by atoms with Crippen LogP contribution in [-0.2, 0) is 0 Å². The van der Waals surface area contributed by atoms with Crippen LogP contribution in [0.4, 0.5) is 0 Å². The minimum Gasteiger partial charge on any atom is -1.00 e. The SMILES string of the molecule is COc1ccc([P+](C)(c2ccc(OC)cc2)c2ccc(OC)cc2)cc1.[I-]. The van der Waals surface area contributed by atoms with Crippen molar-refractivity contribution in [2.45, 2.75) is 0 Å². The van der Waals surface area contributed by atoms with E-state index in [0.29, 0.717) is 0 Å². The Bertz CT molecular complexity index is 731. The summed E-state index contributed by atoms with van der Waals surface area (Å²) in [5.41, 5.74) is 0. The summed E-state index contributed by atoms with van der Waals surface area (Å²) in [5.74, 6) is 2.60. The number of methoxy groups -OCH3 is 3. The fraction of sp³-hybridized carbons (Fsp3) is 0.182. The van der Waals surface area contributed by atoms with Gasteiger partial charge in [-0.2, -0.15) is 0 Å². The van der Waals surface area contributed by atoms with Crippen LogP contribution in [0.2, 0.25) is 0 Å². The standard InChI is InChI=1S/C22H24O3P.HI/c1-23-17-5-11-20(12-6-17)26(4,21-13-7-18(24-2)8-14-21)22-15-9-19(25-3)10-16-22;/h5-16H,1-4H3;1H/q+1;/p-1. The highest BCUT2D eigenvalue weighted by Gasteiger charge is 2.40. The van der Waals surface area contributed by atoms with Crippen molar-refractivity contribution in [3.05, 3.63) is 72.8 Å². The molecular formula is C22H24IO3P. The highest BCUT2D eigenvalue weighted by Crippen LogP contribution is 2.52. The first-order valence-corrected chi connectivity index (χ1v) is 10.7. The van der Waals surface area contributed by atoms with Crippen LogP contribution in [0.5, 0.6) is 17.2 Å². The molecule has 3 aromatic rings. The van der Waals surface area contributed by atoms with Crippen molar-refractivity contribution < 1.29 is 38.2 Å². The lowest BCUT2D eigenvalue weighted by atomic mass is 10.3. The van der Waals surface area contributed by atoms with Crippen molar-refractivity contribution in [3.8, 4) is 17.2 Å². The summed E-state index contributed by atoms with van der Waals surface area (Å²) in [4.78, 5) is 0. The van der Waals surface area contributed by atoms with Crippen molar-refractivity contribution in [2.75, 3.05) is 28.0 Å². The van der Waals surface area contributed by atoms with E-state index in [9.17, 15) is 0 Å². The first kappa shape index (κ1) is 21.5. The third kappa shape index (κ3) is 4.39. The second kappa shape index (κ2) is 9.43. The zero-order valence-corrected chi connectivity index (χ0v) is 19.0. The second-order valence-corrected chi connectivity index (χ2v) is 9.66. The van der Waals surface area contributed by atoms with Crippen LogP contribution in [0, 0.1) is 0 Å². The molecule has 0 aliphatic rings. The quantitative estimate of drug-likeness (QED) is 0.372. The molecule has 0 aliphatic heterocycles. The van der Waals surface area contributed by atoms with Gasteiger partial charge in [-0.1, -0.05) is 0 Å². The Morgan fingerprint density at radius 2 is 0.704 bits per heavy atom. The van der Waals surface area contributed by atoms with E-state index < -0.39 is 7.26 Å². The molecule has 0 saturated carbocycles. The largest absolute Gasteiger partial charge is 1.00 e. The molecule has 0 fully saturated rings. The molecule has 0 amide bonds. The maximum absolute atomic E-state index is 5.33. The van der Waals surface area contributed by atoms with Crippen molar-refractivity contribution in [1.29, 1.82) is 0 Å². The van der Waals surface area contributed by atoms with E-state index in [1.54, 1.807) is 21.3 Å². The van der Waals surface area contributed by atoms with Crippen LogP contribution in [0.1, 0.15) is 0 Å². The molecule has 0 saturated heterocycles. The summed E-state index contributed by atoms with van der Waals surface area (Å²) in [6.45, 7) is 2.35. The summed E-state index contributed by atoms with van der Waals surface area (Å²) in [6.07, 6.45) is 0. The van der Waals surface area contributed by atoms with Gasteiger partial charge in [0.15, 0.2) is 0 Å². The lowest BCUT2D eigenvalue weighted by Crippen LogP contribution is -3.00. The van der Waals surface area contributed by atoms with Gasteiger partial charge in [0, 0.05) is 0 Å². The number of hydrogen-bond acceptors (Lipinski definition) is 3. The predicted molar refractivity (Wildman–Crippen MR) is 111 cm³/mol. The van der Waals surface area contributed by atoms with E-state index in [4.69, 9.17) is 14.2 Å². The van der Waals surface area contributed by atoms with Gasteiger partial charge in [-0.15, -0.1) is 0 Å². The van der Waals surface area contributed by atoms with E-state index >= 15 is 0 Å². The Labute approximate surface area is 179 Å². The molecule has 0 bridgehead atoms. The maximum atomic E-state index is 5.33. The Kier molecular flexibility index (Phi) is 7.51. The molecule has 0 N–H and O–H groups in total. The molecular weight excluding hydrogens is 470 g/mol. The molecule has 0 aromatic heterocycles. The molecule has 3 rings (SSSR count). The van der Waals surface area contributed by atoms with Gasteiger partial charge in [0.05, 0.1) is 28.0 Å². The fourth-order valence-electron chi connectivity index (χ4n) is 3.09. The summed E-state index contributed by atoms with van der Waals surface area (Å²) >= 11 is 0. The topological polar surface area (TPSA) is 27.7 Å². The first-order chi connectivity index (χ1) is 12.6. The number of hydrogen-bond donors (Lipinski definition) is 0. The highest BCUT2D eigenvalue weighted by atomic mass is 127. The molecule has 0 aliphatic carbocycles. The molecule has 0 atom stereocenters. The monoisotopic (exact) mass is 494 g/mol. The Balaban J connectivity index is 0.00000261. The van der Waals surface area contributed by atoms with E-state index in [0.717, 1.165) is 17.2 Å². The van der Waals surface area contributed by atoms with Crippen LogP contribution in [-0.4, -0.2) is 28.0 Å². The molecule has 0 unspecified atom stereocenters. The number of rotatable bonds is 6. The highest BCUT2D eigenvalue weighted by molar-refractivity contribution is 7.95. The smallest absolute Gasteiger partial charge is 0.119 e. The van der Waals surface area contributed by atoms with Gasteiger partial charge in [0.25, 0.3) is 0 Å². The third-order valence-electron chi connectivity index (χ3n) is 4.77. The summed E-state index contributed by atoms with van der Waals surface area (Å²) < 4.78 is 16.0. The number of ether oxygens (including phenoxy) is 3. The lowest BCUT2D eigenvalue weighted by Gasteiger charge is -2.23. The summed E-state index contributed by atoms with van der Waals surface area (Å²) in [5, 5.41) is 3.90. The van der Waals surface area contributed by atoms with E-state index in [1.807, 2.05) is 36.4 Å². The third-order valence-corrected chi connectivity index (χ3v) is 8.76. The average molecular weight is 494 g/mol. The maximum Gasteiger partial charge on any atom is 0.119 e. The van der Waals surface area contributed by atoms with Crippen LogP contribution >= 0.6 is 7.26 Å². The normalized spacial score (nSPS) is 10.7. The summed E-state index contributed by atoms with van der Waals surface area (Å²) in [6, 6.07) is 25.2. The number of benzene rings is 3. The molecule has 5 heteroatoms. The van der Waals surface area contributed by atoms with Crippen molar-refractivity contribution in [1.82, 2.24) is 0 Å². The predicted octanol–water partition coefficient (Wildman–Crippen LogP) is 0.640. The van der Waals surface area contributed by atoms with Gasteiger partial charge < -0.3 is 38.2 Å². The van der Waals surface area contributed by atoms with E-state index in [-0.39, 0.29) is 24.0 Å². The van der Waals surface area contributed by atoms with Crippen molar-refractivity contribution in [2.24, 2.45) is 0 Å². The van der Waals surface area contributed by atoms with Gasteiger partial charge in [0.2, 0.25) is 0 Å². The average Bonchev–Trinajstić information content (AvgIpc) is 2.73. The zero-order valence-electron chi connectivity index (χ0n) is 16.0. The molecule has 3 nitrogen and oxygen atoms in total. The number of halogens is 1. The molecule has 142 valence electrons. The van der Waals surface area contributed by atoms with Crippen LogP contribution in [0.25, 0.3) is 0 Å². The van der Waals surface area contributed by atoms with Gasteiger partial charge in [-0.25, -0.2) is 0 Å². The van der Waals surface area contributed by atoms with Gasteiger partial charge >= 0.3 is 0 Å². The minimum absolute atomic E-state index is 0. The van der Waals surface area contributed by atoms with Gasteiger partial charge in [-0.3, -0.25) is 0 Å². The minimum atomic E-state index is -1.78. The van der Waals surface area contributed by atoms with Crippen LogP contribution < -0.4 is 54.1 Å². The van der Waals surface area contributed by atoms with E-state index in [1.165, 1.54) is 15.9 Å². The summed E-state index contributed by atoms with van der Waals surface area (Å²) in [7, 11) is 3.29. The second-order valence-electron chi connectivity index (χ2n) is 6.10. The molecule has 0 radical (unpaired) electrons. The Hall–Kier alpha value is -1.78. The van der Waals surface area contributed by atoms with Gasteiger partial charge in [-0.05, 0) is 72.8 Å². The van der Waals surface area contributed by atoms with Crippen LogP contribution in [0.15, 0.2) is 72.8 Å². The zero-order chi connectivity index (χ0) is 18.6.